The molecule has 0 spiro atoms. The number of rotatable bonds is 6. The lowest BCUT2D eigenvalue weighted by Gasteiger charge is -2.08. The van der Waals surface area contributed by atoms with E-state index in [1.54, 1.807) is 11.8 Å². The Bertz CT molecular complexity index is 543. The molecule has 0 aliphatic heterocycles. The third-order valence-electron chi connectivity index (χ3n) is 2.67. The predicted molar refractivity (Wildman–Crippen MR) is 85.0 cm³/mol. The molecule has 0 unspecified atom stereocenters. The zero-order valence-corrected chi connectivity index (χ0v) is 13.2. The maximum Gasteiger partial charge on any atom is 0.138 e. The first-order chi connectivity index (χ1) is 9.65. The molecule has 1 heterocycles. The minimum absolute atomic E-state index is 0.463. The van der Waals surface area contributed by atoms with Crippen LogP contribution in [-0.2, 0) is 12.3 Å². The zero-order chi connectivity index (χ0) is 14.4. The minimum Gasteiger partial charge on any atom is -0.310 e. The fraction of sp³-hybridized carbons (Fsp3) is 0.333. The average Bonchev–Trinajstić information content (AvgIpc) is 2.45. The summed E-state index contributed by atoms with van der Waals surface area (Å²) in [7, 11) is 0. The van der Waals surface area contributed by atoms with Crippen molar-refractivity contribution in [1.82, 2.24) is 15.3 Å². The van der Waals surface area contributed by atoms with Gasteiger partial charge >= 0.3 is 0 Å². The second kappa shape index (κ2) is 7.62. The van der Waals surface area contributed by atoms with Crippen LogP contribution in [0.4, 0.5) is 0 Å². The SMILES string of the molecule is CC(C)NCc1cnc(CSc2ccccc2Cl)nc1. The monoisotopic (exact) mass is 307 g/mol. The Morgan fingerprint density at radius 1 is 1.20 bits per heavy atom. The molecule has 0 fully saturated rings. The van der Waals surface area contributed by atoms with Crippen molar-refractivity contribution in [2.45, 2.75) is 37.1 Å². The molecule has 0 aliphatic rings. The van der Waals surface area contributed by atoms with E-state index >= 15 is 0 Å². The number of benzene rings is 1. The summed E-state index contributed by atoms with van der Waals surface area (Å²) in [5.41, 5.74) is 1.10. The first-order valence-electron chi connectivity index (χ1n) is 6.55. The molecule has 1 aromatic heterocycles. The number of thioether (sulfide) groups is 1. The standard InChI is InChI=1S/C15H18ClN3S/c1-11(2)17-7-12-8-18-15(19-9-12)10-20-14-6-4-3-5-13(14)16/h3-6,8-9,11,17H,7,10H2,1-2H3. The van der Waals surface area contributed by atoms with Crippen molar-refractivity contribution in [2.24, 2.45) is 0 Å². The number of aromatic nitrogens is 2. The third kappa shape index (κ3) is 4.78. The van der Waals surface area contributed by atoms with Gasteiger partial charge < -0.3 is 5.32 Å². The molecular formula is C15H18ClN3S. The number of nitrogens with zero attached hydrogens (tertiary/aromatic N) is 2. The molecule has 0 saturated heterocycles. The molecular weight excluding hydrogens is 290 g/mol. The predicted octanol–water partition coefficient (Wildman–Crippen LogP) is 3.92. The van der Waals surface area contributed by atoms with Gasteiger partial charge in [-0.3, -0.25) is 0 Å². The van der Waals surface area contributed by atoms with Crippen molar-refractivity contribution in [2.75, 3.05) is 0 Å². The van der Waals surface area contributed by atoms with Crippen molar-refractivity contribution < 1.29 is 0 Å². The van der Waals surface area contributed by atoms with Gasteiger partial charge in [-0.2, -0.15) is 0 Å². The summed E-state index contributed by atoms with van der Waals surface area (Å²) in [6.07, 6.45) is 3.76. The highest BCUT2D eigenvalue weighted by Gasteiger charge is 2.03. The molecule has 0 aliphatic carbocycles. The number of hydrogen-bond acceptors (Lipinski definition) is 4. The molecule has 2 rings (SSSR count). The normalized spacial score (nSPS) is 11.0. The van der Waals surface area contributed by atoms with Crippen LogP contribution in [0.25, 0.3) is 0 Å². The molecule has 0 atom stereocenters. The van der Waals surface area contributed by atoms with E-state index in [0.29, 0.717) is 6.04 Å². The molecule has 5 heteroatoms. The highest BCUT2D eigenvalue weighted by atomic mass is 35.5. The van der Waals surface area contributed by atoms with Gasteiger partial charge in [0.2, 0.25) is 0 Å². The van der Waals surface area contributed by atoms with Crippen molar-refractivity contribution in [3.63, 3.8) is 0 Å². The lowest BCUT2D eigenvalue weighted by molar-refractivity contribution is 0.586. The summed E-state index contributed by atoms with van der Waals surface area (Å²) in [4.78, 5) is 9.83. The molecule has 20 heavy (non-hydrogen) atoms. The quantitative estimate of drug-likeness (QED) is 0.821. The first-order valence-corrected chi connectivity index (χ1v) is 7.92. The van der Waals surface area contributed by atoms with Gasteiger partial charge in [-0.1, -0.05) is 37.6 Å². The summed E-state index contributed by atoms with van der Waals surface area (Å²) in [6, 6.07) is 8.28. The van der Waals surface area contributed by atoms with E-state index in [4.69, 9.17) is 11.6 Å². The molecule has 106 valence electrons. The fourth-order valence-electron chi connectivity index (χ4n) is 1.57. The number of hydrogen-bond donors (Lipinski definition) is 1. The molecule has 0 bridgehead atoms. The van der Waals surface area contributed by atoms with E-state index in [9.17, 15) is 0 Å². The molecule has 1 N–H and O–H groups in total. The Labute approximate surface area is 129 Å². The van der Waals surface area contributed by atoms with Crippen LogP contribution >= 0.6 is 23.4 Å². The van der Waals surface area contributed by atoms with Crippen molar-refractivity contribution >= 4 is 23.4 Å². The Kier molecular flexibility index (Phi) is 5.83. The van der Waals surface area contributed by atoms with E-state index < -0.39 is 0 Å². The summed E-state index contributed by atoms with van der Waals surface area (Å²) < 4.78 is 0. The number of nitrogens with one attached hydrogen (secondary N) is 1. The molecule has 3 nitrogen and oxygen atoms in total. The Morgan fingerprint density at radius 2 is 1.90 bits per heavy atom. The van der Waals surface area contributed by atoms with Crippen LogP contribution in [0.2, 0.25) is 5.02 Å². The lowest BCUT2D eigenvalue weighted by Crippen LogP contribution is -2.22. The second-order valence-corrected chi connectivity index (χ2v) is 6.19. The van der Waals surface area contributed by atoms with E-state index in [0.717, 1.165) is 33.6 Å². The van der Waals surface area contributed by atoms with Gasteiger partial charge in [-0.25, -0.2) is 9.97 Å². The second-order valence-electron chi connectivity index (χ2n) is 4.76. The van der Waals surface area contributed by atoms with Crippen LogP contribution in [0.3, 0.4) is 0 Å². The highest BCUT2D eigenvalue weighted by molar-refractivity contribution is 7.98. The van der Waals surface area contributed by atoms with Crippen LogP contribution in [0.1, 0.15) is 25.2 Å². The first kappa shape index (κ1) is 15.3. The van der Waals surface area contributed by atoms with Gasteiger partial charge in [-0.05, 0) is 12.1 Å². The smallest absolute Gasteiger partial charge is 0.138 e. The fourth-order valence-corrected chi connectivity index (χ4v) is 2.69. The molecule has 2 aromatic rings. The van der Waals surface area contributed by atoms with Crippen LogP contribution in [0, 0.1) is 0 Å². The zero-order valence-electron chi connectivity index (χ0n) is 11.6. The van der Waals surface area contributed by atoms with Crippen LogP contribution < -0.4 is 5.32 Å². The molecule has 0 amide bonds. The van der Waals surface area contributed by atoms with Gasteiger partial charge in [0.25, 0.3) is 0 Å². The maximum atomic E-state index is 6.12. The van der Waals surface area contributed by atoms with E-state index in [-0.39, 0.29) is 0 Å². The molecule has 1 aromatic carbocycles. The summed E-state index contributed by atoms with van der Waals surface area (Å²) in [5.74, 6) is 1.55. The van der Waals surface area contributed by atoms with Gasteiger partial charge in [0.05, 0.1) is 10.8 Å². The highest BCUT2D eigenvalue weighted by Crippen LogP contribution is 2.28. The maximum absolute atomic E-state index is 6.12. The number of halogens is 1. The molecule has 0 radical (unpaired) electrons. The van der Waals surface area contributed by atoms with Crippen molar-refractivity contribution in [3.8, 4) is 0 Å². The summed E-state index contributed by atoms with van der Waals surface area (Å²) in [5, 5.41) is 4.12. The van der Waals surface area contributed by atoms with Crippen LogP contribution in [0.5, 0.6) is 0 Å². The summed E-state index contributed by atoms with van der Waals surface area (Å²) >= 11 is 7.77. The summed E-state index contributed by atoms with van der Waals surface area (Å²) in [6.45, 7) is 5.04. The van der Waals surface area contributed by atoms with Gasteiger partial charge in [0, 0.05) is 35.4 Å². The van der Waals surface area contributed by atoms with Crippen LogP contribution in [0.15, 0.2) is 41.6 Å². The molecule has 0 saturated carbocycles. The van der Waals surface area contributed by atoms with E-state index in [1.807, 2.05) is 36.7 Å². The lowest BCUT2D eigenvalue weighted by atomic mass is 10.3. The Morgan fingerprint density at radius 3 is 2.55 bits per heavy atom. The minimum atomic E-state index is 0.463. The van der Waals surface area contributed by atoms with Gasteiger partial charge in [0.15, 0.2) is 0 Å². The Hall–Kier alpha value is -1.10. The van der Waals surface area contributed by atoms with E-state index in [2.05, 4.69) is 29.1 Å². The largest absolute Gasteiger partial charge is 0.310 e. The van der Waals surface area contributed by atoms with Gasteiger partial charge in [0.1, 0.15) is 5.82 Å². The van der Waals surface area contributed by atoms with Crippen LogP contribution in [-0.4, -0.2) is 16.0 Å². The average molecular weight is 308 g/mol. The van der Waals surface area contributed by atoms with Gasteiger partial charge in [-0.15, -0.1) is 11.8 Å². The Balaban J connectivity index is 1.89. The van der Waals surface area contributed by atoms with Crippen molar-refractivity contribution in [3.05, 3.63) is 53.1 Å². The van der Waals surface area contributed by atoms with Crippen molar-refractivity contribution in [1.29, 1.82) is 0 Å². The third-order valence-corrected chi connectivity index (χ3v) is 4.18. The topological polar surface area (TPSA) is 37.8 Å². The van der Waals surface area contributed by atoms with E-state index in [1.165, 1.54) is 0 Å².